The van der Waals surface area contributed by atoms with Crippen LogP contribution in [0.2, 0.25) is 0 Å². The predicted octanol–water partition coefficient (Wildman–Crippen LogP) is 4.13. The molecule has 1 N–H and O–H groups in total. The number of rotatable bonds is 5. The summed E-state index contributed by atoms with van der Waals surface area (Å²) < 4.78 is 11.1. The summed E-state index contributed by atoms with van der Waals surface area (Å²) in [5.74, 6) is 1.34. The highest BCUT2D eigenvalue weighted by molar-refractivity contribution is 6.06. The molecule has 4 aromatic rings. The van der Waals surface area contributed by atoms with Crippen LogP contribution in [0.3, 0.4) is 0 Å². The average Bonchev–Trinajstić information content (AvgIpc) is 3.41. The lowest BCUT2D eigenvalue weighted by Crippen LogP contribution is -2.30. The number of ether oxygens (including phenoxy) is 2. The van der Waals surface area contributed by atoms with Crippen molar-refractivity contribution in [2.24, 2.45) is 0 Å². The summed E-state index contributed by atoms with van der Waals surface area (Å²) in [6, 6.07) is 19.3. The van der Waals surface area contributed by atoms with E-state index in [1.54, 1.807) is 17.3 Å². The summed E-state index contributed by atoms with van der Waals surface area (Å²) in [6.07, 6.45) is 3.51. The van der Waals surface area contributed by atoms with Gasteiger partial charge in [-0.1, -0.05) is 36.4 Å². The molecule has 0 atom stereocenters. The van der Waals surface area contributed by atoms with E-state index in [1.807, 2.05) is 60.7 Å². The minimum atomic E-state index is -0.0652. The molecule has 2 aromatic carbocycles. The Balaban J connectivity index is 1.52. The van der Waals surface area contributed by atoms with Gasteiger partial charge in [0.2, 0.25) is 6.79 Å². The second-order valence-corrected chi connectivity index (χ2v) is 6.88. The van der Waals surface area contributed by atoms with Gasteiger partial charge in [-0.3, -0.25) is 9.78 Å². The van der Waals surface area contributed by atoms with E-state index in [-0.39, 0.29) is 12.7 Å². The second-order valence-electron chi connectivity index (χ2n) is 6.88. The van der Waals surface area contributed by atoms with E-state index < -0.39 is 0 Å². The average molecular weight is 385 g/mol. The van der Waals surface area contributed by atoms with Crippen molar-refractivity contribution >= 4 is 16.8 Å². The number of pyridine rings is 1. The first-order chi connectivity index (χ1) is 14.3. The Kier molecular flexibility index (Phi) is 4.37. The molecule has 1 amide bonds. The van der Waals surface area contributed by atoms with Crippen molar-refractivity contribution in [3.8, 4) is 11.5 Å². The normalized spacial score (nSPS) is 12.3. The Morgan fingerprint density at radius 3 is 2.79 bits per heavy atom. The molecule has 1 aliphatic rings. The number of hydrogen-bond donors (Lipinski definition) is 1. The number of H-pyrrole nitrogens is 1. The van der Waals surface area contributed by atoms with Crippen LogP contribution in [0.25, 0.3) is 10.9 Å². The van der Waals surface area contributed by atoms with Gasteiger partial charge in [-0.15, -0.1) is 0 Å². The Morgan fingerprint density at radius 1 is 1.00 bits per heavy atom. The van der Waals surface area contributed by atoms with Crippen LogP contribution in [0.4, 0.5) is 0 Å². The molecule has 0 bridgehead atoms. The van der Waals surface area contributed by atoms with Crippen LogP contribution in [0.15, 0.2) is 73.1 Å². The first-order valence-electron chi connectivity index (χ1n) is 9.42. The van der Waals surface area contributed by atoms with Crippen molar-refractivity contribution < 1.29 is 14.3 Å². The molecule has 6 heteroatoms. The van der Waals surface area contributed by atoms with Gasteiger partial charge in [-0.05, 0) is 24.3 Å². The van der Waals surface area contributed by atoms with Crippen LogP contribution in [-0.4, -0.2) is 27.6 Å². The van der Waals surface area contributed by atoms with E-state index in [1.165, 1.54) is 0 Å². The third-order valence-corrected chi connectivity index (χ3v) is 5.03. The first kappa shape index (κ1) is 17.3. The molecular weight excluding hydrogens is 366 g/mol. The fraction of sp³-hybridized carbons (Fsp3) is 0.130. The van der Waals surface area contributed by atoms with Gasteiger partial charge in [0.25, 0.3) is 5.91 Å². The number of benzene rings is 2. The number of hydrogen-bond acceptors (Lipinski definition) is 4. The lowest BCUT2D eigenvalue weighted by molar-refractivity contribution is 0.0728. The van der Waals surface area contributed by atoms with Crippen molar-refractivity contribution in [2.45, 2.75) is 13.1 Å². The Bertz CT molecular complexity index is 1170. The third kappa shape index (κ3) is 3.29. The molecule has 0 aliphatic carbocycles. The molecule has 2 aromatic heterocycles. The largest absolute Gasteiger partial charge is 0.454 e. The number of nitrogens with one attached hydrogen (secondary N) is 1. The molecule has 0 fully saturated rings. The molecule has 0 spiro atoms. The summed E-state index contributed by atoms with van der Waals surface area (Å²) >= 11 is 0. The lowest BCUT2D eigenvalue weighted by atomic mass is 10.1. The number of para-hydroxylation sites is 2. The lowest BCUT2D eigenvalue weighted by Gasteiger charge is -2.23. The fourth-order valence-electron chi connectivity index (χ4n) is 3.63. The maximum absolute atomic E-state index is 13.5. The van der Waals surface area contributed by atoms with Gasteiger partial charge >= 0.3 is 0 Å². The fourth-order valence-corrected chi connectivity index (χ4v) is 3.63. The smallest absolute Gasteiger partial charge is 0.256 e. The van der Waals surface area contributed by atoms with E-state index in [0.29, 0.717) is 30.2 Å². The molecule has 1 aliphatic heterocycles. The Labute approximate surface area is 167 Å². The summed E-state index contributed by atoms with van der Waals surface area (Å²) in [4.78, 5) is 22.9. The van der Waals surface area contributed by atoms with E-state index in [9.17, 15) is 4.79 Å². The van der Waals surface area contributed by atoms with Crippen LogP contribution < -0.4 is 9.47 Å². The van der Waals surface area contributed by atoms with Gasteiger partial charge in [0.15, 0.2) is 11.5 Å². The summed E-state index contributed by atoms with van der Waals surface area (Å²) in [6.45, 7) is 0.980. The topological polar surface area (TPSA) is 67.5 Å². The quantitative estimate of drug-likeness (QED) is 0.561. The highest BCUT2D eigenvalue weighted by atomic mass is 16.7. The van der Waals surface area contributed by atoms with Crippen LogP contribution in [0, 0.1) is 0 Å². The summed E-state index contributed by atoms with van der Waals surface area (Å²) in [5, 5.41) is 0.904. The Hall–Kier alpha value is -3.80. The predicted molar refractivity (Wildman–Crippen MR) is 109 cm³/mol. The number of fused-ring (bicyclic) bond motifs is 2. The van der Waals surface area contributed by atoms with Gasteiger partial charge in [0.05, 0.1) is 24.3 Å². The van der Waals surface area contributed by atoms with Crippen LogP contribution in [0.5, 0.6) is 11.5 Å². The van der Waals surface area contributed by atoms with Gasteiger partial charge in [0, 0.05) is 28.9 Å². The molecule has 0 saturated heterocycles. The van der Waals surface area contributed by atoms with Crippen molar-refractivity contribution in [3.05, 3.63) is 89.9 Å². The van der Waals surface area contributed by atoms with Crippen molar-refractivity contribution in [2.75, 3.05) is 6.79 Å². The number of aromatic amines is 1. The maximum atomic E-state index is 13.5. The highest BCUT2D eigenvalue weighted by Crippen LogP contribution is 2.36. The SMILES string of the molecule is O=C(c1c[nH]c2ccccc12)N(Cc1ccccn1)Cc1cccc2c1OCO2. The molecular formula is C23H19N3O3. The number of amides is 1. The molecule has 0 saturated carbocycles. The minimum absolute atomic E-state index is 0.0652. The van der Waals surface area contributed by atoms with E-state index in [2.05, 4.69) is 9.97 Å². The summed E-state index contributed by atoms with van der Waals surface area (Å²) in [5.41, 5.74) is 3.31. The highest BCUT2D eigenvalue weighted by Gasteiger charge is 2.24. The monoisotopic (exact) mass is 385 g/mol. The first-order valence-corrected chi connectivity index (χ1v) is 9.42. The van der Waals surface area contributed by atoms with Gasteiger partial charge in [0.1, 0.15) is 0 Å². The van der Waals surface area contributed by atoms with Crippen molar-refractivity contribution in [1.82, 2.24) is 14.9 Å². The number of nitrogens with zero attached hydrogens (tertiary/aromatic N) is 2. The molecule has 144 valence electrons. The molecule has 3 heterocycles. The van der Waals surface area contributed by atoms with Crippen molar-refractivity contribution in [3.63, 3.8) is 0 Å². The number of aromatic nitrogens is 2. The standard InChI is InChI=1S/C23H19N3O3/c27-23(19-12-25-20-9-2-1-8-18(19)20)26(14-17-7-3-4-11-24-17)13-16-6-5-10-21-22(16)29-15-28-21/h1-12,25H,13-15H2. The zero-order valence-corrected chi connectivity index (χ0v) is 15.7. The third-order valence-electron chi connectivity index (χ3n) is 5.03. The molecule has 0 unspecified atom stereocenters. The molecule has 29 heavy (non-hydrogen) atoms. The molecule has 6 nitrogen and oxygen atoms in total. The Morgan fingerprint density at radius 2 is 1.90 bits per heavy atom. The van der Waals surface area contributed by atoms with Crippen molar-refractivity contribution in [1.29, 1.82) is 0 Å². The maximum Gasteiger partial charge on any atom is 0.256 e. The van der Waals surface area contributed by atoms with Crippen LogP contribution in [0.1, 0.15) is 21.6 Å². The second kappa shape index (κ2) is 7.31. The van der Waals surface area contributed by atoms with Crippen LogP contribution >= 0.6 is 0 Å². The minimum Gasteiger partial charge on any atom is -0.454 e. The van der Waals surface area contributed by atoms with E-state index in [4.69, 9.17) is 9.47 Å². The zero-order valence-electron chi connectivity index (χ0n) is 15.7. The van der Waals surface area contributed by atoms with Gasteiger partial charge in [-0.2, -0.15) is 0 Å². The van der Waals surface area contributed by atoms with E-state index >= 15 is 0 Å². The zero-order chi connectivity index (χ0) is 19.6. The summed E-state index contributed by atoms with van der Waals surface area (Å²) in [7, 11) is 0. The van der Waals surface area contributed by atoms with Crippen LogP contribution in [-0.2, 0) is 13.1 Å². The van der Waals surface area contributed by atoms with E-state index in [0.717, 1.165) is 22.2 Å². The number of carbonyl (C=O) groups excluding carboxylic acids is 1. The van der Waals surface area contributed by atoms with Gasteiger partial charge < -0.3 is 19.4 Å². The molecule has 0 radical (unpaired) electrons. The number of carbonyl (C=O) groups is 1. The van der Waals surface area contributed by atoms with Gasteiger partial charge in [-0.25, -0.2) is 0 Å². The molecule has 5 rings (SSSR count).